The van der Waals surface area contributed by atoms with Crippen LogP contribution in [0.2, 0.25) is 15.1 Å². The number of anilines is 1. The summed E-state index contributed by atoms with van der Waals surface area (Å²) in [6.07, 6.45) is 0. The standard InChI is InChI=1S/C12H8Cl3NO.ClH/c13-7-1-3-11(9(14)5-7)17-12-4-2-8(16)6-10(12)15;/h1-6H,16H2;1H. The molecule has 0 spiro atoms. The molecule has 0 saturated carbocycles. The Hall–Kier alpha value is -0.800. The van der Waals surface area contributed by atoms with Gasteiger partial charge < -0.3 is 10.5 Å². The lowest BCUT2D eigenvalue weighted by Gasteiger charge is -2.09. The second kappa shape index (κ2) is 6.39. The van der Waals surface area contributed by atoms with Gasteiger partial charge in [0.15, 0.2) is 0 Å². The summed E-state index contributed by atoms with van der Waals surface area (Å²) in [4.78, 5) is 0. The van der Waals surface area contributed by atoms with Crippen molar-refractivity contribution in [3.8, 4) is 11.5 Å². The number of hydrogen-bond donors (Lipinski definition) is 1. The van der Waals surface area contributed by atoms with Crippen LogP contribution in [0.5, 0.6) is 11.5 Å². The van der Waals surface area contributed by atoms with E-state index < -0.39 is 0 Å². The monoisotopic (exact) mass is 323 g/mol. The number of nitrogens with two attached hydrogens (primary N) is 1. The second-order valence-electron chi connectivity index (χ2n) is 3.37. The average molecular weight is 325 g/mol. The van der Waals surface area contributed by atoms with E-state index in [2.05, 4.69) is 0 Å². The van der Waals surface area contributed by atoms with Crippen LogP contribution in [-0.2, 0) is 0 Å². The zero-order valence-corrected chi connectivity index (χ0v) is 12.1. The van der Waals surface area contributed by atoms with E-state index in [-0.39, 0.29) is 12.4 Å². The van der Waals surface area contributed by atoms with Gasteiger partial charge in [0, 0.05) is 10.7 Å². The molecule has 2 nitrogen and oxygen atoms in total. The molecule has 0 heterocycles. The highest BCUT2D eigenvalue weighted by Gasteiger charge is 2.07. The molecule has 2 aromatic rings. The van der Waals surface area contributed by atoms with Crippen molar-refractivity contribution < 1.29 is 4.74 Å². The van der Waals surface area contributed by atoms with E-state index in [4.69, 9.17) is 45.3 Å². The van der Waals surface area contributed by atoms with Crippen molar-refractivity contribution in [1.29, 1.82) is 0 Å². The molecular weight excluding hydrogens is 316 g/mol. The van der Waals surface area contributed by atoms with Gasteiger partial charge in [-0.25, -0.2) is 0 Å². The van der Waals surface area contributed by atoms with Crippen LogP contribution in [0, 0.1) is 0 Å². The average Bonchev–Trinajstić information content (AvgIpc) is 2.25. The molecule has 0 fully saturated rings. The van der Waals surface area contributed by atoms with Crippen LogP contribution in [0.25, 0.3) is 0 Å². The molecule has 0 amide bonds. The highest BCUT2D eigenvalue weighted by Crippen LogP contribution is 2.35. The summed E-state index contributed by atoms with van der Waals surface area (Å²) in [7, 11) is 0. The molecular formula is C12H9Cl4NO. The van der Waals surface area contributed by atoms with E-state index in [9.17, 15) is 0 Å². The van der Waals surface area contributed by atoms with Crippen molar-refractivity contribution in [2.24, 2.45) is 0 Å². The highest BCUT2D eigenvalue weighted by atomic mass is 35.5. The topological polar surface area (TPSA) is 35.2 Å². The molecule has 18 heavy (non-hydrogen) atoms. The van der Waals surface area contributed by atoms with Crippen LogP contribution in [0.3, 0.4) is 0 Å². The molecule has 0 aromatic heterocycles. The minimum absolute atomic E-state index is 0. The lowest BCUT2D eigenvalue weighted by molar-refractivity contribution is 0.483. The van der Waals surface area contributed by atoms with Gasteiger partial charge in [0.1, 0.15) is 11.5 Å². The van der Waals surface area contributed by atoms with Gasteiger partial charge in [-0.15, -0.1) is 12.4 Å². The first-order valence-electron chi connectivity index (χ1n) is 4.74. The van der Waals surface area contributed by atoms with Crippen molar-refractivity contribution in [3.63, 3.8) is 0 Å². The predicted octanol–water partition coefficient (Wildman–Crippen LogP) is 5.44. The molecule has 0 bridgehead atoms. The van der Waals surface area contributed by atoms with Gasteiger partial charge in [0.05, 0.1) is 10.0 Å². The van der Waals surface area contributed by atoms with E-state index in [1.165, 1.54) is 0 Å². The Morgan fingerprint density at radius 3 is 1.94 bits per heavy atom. The summed E-state index contributed by atoms with van der Waals surface area (Å²) in [6.45, 7) is 0. The lowest BCUT2D eigenvalue weighted by atomic mass is 10.3. The fourth-order valence-electron chi connectivity index (χ4n) is 1.28. The van der Waals surface area contributed by atoms with E-state index >= 15 is 0 Å². The largest absolute Gasteiger partial charge is 0.454 e. The van der Waals surface area contributed by atoms with Crippen LogP contribution < -0.4 is 10.5 Å². The van der Waals surface area contributed by atoms with E-state index in [0.717, 1.165) is 0 Å². The number of hydrogen-bond acceptors (Lipinski definition) is 2. The van der Waals surface area contributed by atoms with Gasteiger partial charge in [-0.1, -0.05) is 34.8 Å². The first kappa shape index (κ1) is 15.3. The number of ether oxygens (including phenoxy) is 1. The molecule has 0 unspecified atom stereocenters. The van der Waals surface area contributed by atoms with Gasteiger partial charge >= 0.3 is 0 Å². The summed E-state index contributed by atoms with van der Waals surface area (Å²) in [5.41, 5.74) is 6.16. The maximum Gasteiger partial charge on any atom is 0.146 e. The lowest BCUT2D eigenvalue weighted by Crippen LogP contribution is -1.89. The van der Waals surface area contributed by atoms with Crippen molar-refractivity contribution in [2.45, 2.75) is 0 Å². The van der Waals surface area contributed by atoms with Crippen LogP contribution in [0.1, 0.15) is 0 Å². The Morgan fingerprint density at radius 1 is 0.833 bits per heavy atom. The first-order chi connectivity index (χ1) is 8.06. The van der Waals surface area contributed by atoms with Crippen molar-refractivity contribution in [1.82, 2.24) is 0 Å². The summed E-state index contributed by atoms with van der Waals surface area (Å²) in [6, 6.07) is 9.96. The SMILES string of the molecule is Cl.Nc1ccc(Oc2ccc(Cl)cc2Cl)c(Cl)c1. The summed E-state index contributed by atoms with van der Waals surface area (Å²) in [5, 5.41) is 1.40. The third-order valence-corrected chi connectivity index (χ3v) is 2.90. The minimum atomic E-state index is 0. The molecule has 0 aliphatic heterocycles. The molecule has 0 aliphatic rings. The Balaban J connectivity index is 0.00000162. The Labute approximate surface area is 126 Å². The van der Waals surface area contributed by atoms with Crippen LogP contribution >= 0.6 is 47.2 Å². The van der Waals surface area contributed by atoms with Crippen LogP contribution in [-0.4, -0.2) is 0 Å². The second-order valence-corrected chi connectivity index (χ2v) is 4.62. The van der Waals surface area contributed by atoms with Gasteiger partial charge in [0.2, 0.25) is 0 Å². The quantitative estimate of drug-likeness (QED) is 0.746. The Kier molecular flexibility index (Phi) is 5.42. The molecule has 0 saturated heterocycles. The molecule has 2 N–H and O–H groups in total. The number of benzene rings is 2. The zero-order chi connectivity index (χ0) is 12.4. The highest BCUT2D eigenvalue weighted by molar-refractivity contribution is 6.35. The minimum Gasteiger partial charge on any atom is -0.454 e. The van der Waals surface area contributed by atoms with E-state index in [1.54, 1.807) is 36.4 Å². The number of halogens is 4. The van der Waals surface area contributed by atoms with Gasteiger partial charge in [-0.05, 0) is 36.4 Å². The van der Waals surface area contributed by atoms with E-state index in [1.807, 2.05) is 0 Å². The van der Waals surface area contributed by atoms with E-state index in [0.29, 0.717) is 32.3 Å². The normalized spacial score (nSPS) is 9.72. The predicted molar refractivity (Wildman–Crippen MR) is 79.6 cm³/mol. The molecule has 96 valence electrons. The molecule has 0 atom stereocenters. The zero-order valence-electron chi connectivity index (χ0n) is 8.99. The fraction of sp³-hybridized carbons (Fsp3) is 0. The van der Waals surface area contributed by atoms with Gasteiger partial charge in [0.25, 0.3) is 0 Å². The molecule has 0 radical (unpaired) electrons. The van der Waals surface area contributed by atoms with Crippen molar-refractivity contribution >= 4 is 52.9 Å². The van der Waals surface area contributed by atoms with Gasteiger partial charge in [-0.3, -0.25) is 0 Å². The van der Waals surface area contributed by atoms with Crippen LogP contribution in [0.15, 0.2) is 36.4 Å². The molecule has 2 rings (SSSR count). The fourth-order valence-corrected chi connectivity index (χ4v) is 1.95. The van der Waals surface area contributed by atoms with Gasteiger partial charge in [-0.2, -0.15) is 0 Å². The maximum atomic E-state index is 5.99. The third kappa shape index (κ3) is 3.59. The third-order valence-electron chi connectivity index (χ3n) is 2.07. The molecule has 6 heteroatoms. The summed E-state index contributed by atoms with van der Waals surface area (Å²) in [5.74, 6) is 0.979. The Bertz CT molecular complexity index is 510. The first-order valence-corrected chi connectivity index (χ1v) is 5.87. The number of rotatable bonds is 2. The smallest absolute Gasteiger partial charge is 0.146 e. The van der Waals surface area contributed by atoms with Crippen molar-refractivity contribution in [2.75, 3.05) is 5.73 Å². The van der Waals surface area contributed by atoms with Crippen molar-refractivity contribution in [3.05, 3.63) is 51.5 Å². The van der Waals surface area contributed by atoms with Crippen LogP contribution in [0.4, 0.5) is 5.69 Å². The molecule has 2 aromatic carbocycles. The molecule has 0 aliphatic carbocycles. The number of nitrogen functional groups attached to an aromatic ring is 1. The maximum absolute atomic E-state index is 5.99. The summed E-state index contributed by atoms with van der Waals surface area (Å²) >= 11 is 17.8. The summed E-state index contributed by atoms with van der Waals surface area (Å²) < 4.78 is 5.57. The Morgan fingerprint density at radius 2 is 1.39 bits per heavy atom.